The number of nitrogens with zero attached hydrogens (tertiary/aromatic N) is 5. The van der Waals surface area contributed by atoms with Crippen molar-refractivity contribution in [2.45, 2.75) is 51.7 Å². The molecule has 9 nitrogen and oxygen atoms in total. The maximum absolute atomic E-state index is 15.2. The van der Waals surface area contributed by atoms with Crippen LogP contribution >= 0.6 is 0 Å². The van der Waals surface area contributed by atoms with Gasteiger partial charge in [0, 0.05) is 31.9 Å². The first kappa shape index (κ1) is 23.1. The molecule has 1 amide bonds. The lowest BCUT2D eigenvalue weighted by molar-refractivity contribution is 0.0204. The van der Waals surface area contributed by atoms with E-state index in [0.717, 1.165) is 29.5 Å². The summed E-state index contributed by atoms with van der Waals surface area (Å²) in [4.78, 5) is 22.9. The van der Waals surface area contributed by atoms with Crippen LogP contribution in [0.15, 0.2) is 30.9 Å². The van der Waals surface area contributed by atoms with Gasteiger partial charge in [0.05, 0.1) is 23.1 Å². The number of hydrogen-bond donors (Lipinski definition) is 1. The molecule has 1 saturated heterocycles. The molecular weight excluding hydrogens is 451 g/mol. The van der Waals surface area contributed by atoms with E-state index in [2.05, 4.69) is 20.4 Å². The van der Waals surface area contributed by atoms with E-state index in [9.17, 15) is 4.79 Å². The van der Waals surface area contributed by atoms with Crippen LogP contribution in [-0.2, 0) is 18.4 Å². The van der Waals surface area contributed by atoms with Crippen LogP contribution in [0.4, 0.5) is 20.7 Å². The molecule has 5 rings (SSSR count). The SMILES string of the molecule is Cn1cc(-c2ncnc3c2COc2c(F)cc(C4CCN(C(=O)OC(C)(C)C)CC4)cc2N3)cn1. The minimum atomic E-state index is -0.531. The molecule has 0 bridgehead atoms. The number of ether oxygens (including phenoxy) is 2. The van der Waals surface area contributed by atoms with E-state index in [-0.39, 0.29) is 24.4 Å². The maximum atomic E-state index is 15.2. The Hall–Kier alpha value is -3.69. The zero-order valence-corrected chi connectivity index (χ0v) is 20.3. The number of amides is 1. The molecule has 3 aromatic rings. The molecule has 0 unspecified atom stereocenters. The van der Waals surface area contributed by atoms with Gasteiger partial charge in [0.2, 0.25) is 0 Å². The monoisotopic (exact) mass is 480 g/mol. The lowest BCUT2D eigenvalue weighted by Gasteiger charge is -2.33. The highest BCUT2D eigenvalue weighted by Crippen LogP contribution is 2.41. The molecule has 35 heavy (non-hydrogen) atoms. The normalized spacial score (nSPS) is 16.0. The van der Waals surface area contributed by atoms with E-state index in [1.54, 1.807) is 15.8 Å². The summed E-state index contributed by atoms with van der Waals surface area (Å²) in [5.41, 5.74) is 3.13. The van der Waals surface area contributed by atoms with Gasteiger partial charge >= 0.3 is 6.09 Å². The van der Waals surface area contributed by atoms with Gasteiger partial charge in [0.15, 0.2) is 11.6 Å². The number of nitrogens with one attached hydrogen (secondary N) is 1. The Morgan fingerprint density at radius 2 is 2.00 bits per heavy atom. The molecule has 0 atom stereocenters. The number of halogens is 1. The standard InChI is InChI=1S/C25H29FN6O3/c1-25(2,3)35-24(33)32-7-5-15(6-8-32)16-9-19(26)22-20(10-16)30-23-18(13-34-22)21(27-14-28-23)17-11-29-31(4)12-17/h9-12,14-15H,5-8,13H2,1-4H3,(H,27,28,30). The molecule has 2 aliphatic heterocycles. The van der Waals surface area contributed by atoms with Crippen molar-refractivity contribution in [1.82, 2.24) is 24.6 Å². The van der Waals surface area contributed by atoms with Crippen LogP contribution < -0.4 is 10.1 Å². The van der Waals surface area contributed by atoms with Gasteiger partial charge in [-0.25, -0.2) is 19.2 Å². The lowest BCUT2D eigenvalue weighted by atomic mass is 9.89. The number of rotatable bonds is 2. The molecule has 184 valence electrons. The predicted octanol–water partition coefficient (Wildman–Crippen LogP) is 4.77. The number of carbonyl (C=O) groups excluding carboxylic acids is 1. The Morgan fingerprint density at radius 1 is 1.23 bits per heavy atom. The number of likely N-dealkylation sites (tertiary alicyclic amines) is 1. The Bertz CT molecular complexity index is 1260. The summed E-state index contributed by atoms with van der Waals surface area (Å²) in [6, 6.07) is 3.46. The first-order valence-corrected chi connectivity index (χ1v) is 11.7. The molecule has 0 saturated carbocycles. The molecule has 0 aliphatic carbocycles. The molecule has 0 radical (unpaired) electrons. The van der Waals surface area contributed by atoms with Crippen molar-refractivity contribution >= 4 is 17.6 Å². The summed E-state index contributed by atoms with van der Waals surface area (Å²) < 4.78 is 28.3. The van der Waals surface area contributed by atoms with Gasteiger partial charge in [-0.3, -0.25) is 4.68 Å². The van der Waals surface area contributed by atoms with Crippen molar-refractivity contribution in [2.75, 3.05) is 18.4 Å². The van der Waals surface area contributed by atoms with Crippen LogP contribution in [0.25, 0.3) is 11.3 Å². The fourth-order valence-corrected chi connectivity index (χ4v) is 4.53. The number of fused-ring (bicyclic) bond motifs is 2. The number of anilines is 2. The second kappa shape index (κ2) is 8.83. The van der Waals surface area contributed by atoms with E-state index >= 15 is 4.39 Å². The minimum absolute atomic E-state index is 0.120. The fraction of sp³-hybridized carbons (Fsp3) is 0.440. The second-order valence-corrected chi connectivity index (χ2v) is 9.99. The van der Waals surface area contributed by atoms with Crippen molar-refractivity contribution in [3.63, 3.8) is 0 Å². The molecule has 0 spiro atoms. The van der Waals surface area contributed by atoms with E-state index in [0.29, 0.717) is 30.3 Å². The minimum Gasteiger partial charge on any atom is -0.483 e. The summed E-state index contributed by atoms with van der Waals surface area (Å²) in [6.45, 7) is 6.82. The smallest absolute Gasteiger partial charge is 0.410 e. The van der Waals surface area contributed by atoms with Crippen LogP contribution in [0.3, 0.4) is 0 Å². The number of aromatic nitrogens is 4. The van der Waals surface area contributed by atoms with E-state index in [1.165, 1.54) is 12.4 Å². The van der Waals surface area contributed by atoms with Gasteiger partial charge in [0.25, 0.3) is 0 Å². The Labute approximate surface area is 203 Å². The summed E-state index contributed by atoms with van der Waals surface area (Å²) in [7, 11) is 1.84. The Kier molecular flexibility index (Phi) is 5.82. The molecule has 1 N–H and O–H groups in total. The lowest BCUT2D eigenvalue weighted by Crippen LogP contribution is -2.41. The topological polar surface area (TPSA) is 94.4 Å². The molecule has 4 heterocycles. The summed E-state index contributed by atoms with van der Waals surface area (Å²) >= 11 is 0. The highest BCUT2D eigenvalue weighted by molar-refractivity contribution is 5.74. The summed E-state index contributed by atoms with van der Waals surface area (Å²) in [5, 5.41) is 7.48. The number of hydrogen-bond acceptors (Lipinski definition) is 7. The molecule has 2 aliphatic rings. The van der Waals surface area contributed by atoms with Crippen LogP contribution in [0, 0.1) is 5.82 Å². The molecular formula is C25H29FN6O3. The van der Waals surface area contributed by atoms with E-state index in [4.69, 9.17) is 9.47 Å². The van der Waals surface area contributed by atoms with Gasteiger partial charge in [-0.15, -0.1) is 0 Å². The van der Waals surface area contributed by atoms with E-state index in [1.807, 2.05) is 40.1 Å². The van der Waals surface area contributed by atoms with Gasteiger partial charge in [0.1, 0.15) is 24.4 Å². The number of benzene rings is 1. The largest absolute Gasteiger partial charge is 0.483 e. The van der Waals surface area contributed by atoms with Crippen molar-refractivity contribution in [2.24, 2.45) is 7.05 Å². The third-order valence-corrected chi connectivity index (χ3v) is 6.22. The van der Waals surface area contributed by atoms with Crippen molar-refractivity contribution in [3.8, 4) is 17.0 Å². The zero-order chi connectivity index (χ0) is 24.7. The second-order valence-electron chi connectivity index (χ2n) is 9.99. The Balaban J connectivity index is 1.37. The summed E-state index contributed by atoms with van der Waals surface area (Å²) in [6.07, 6.45) is 6.21. The van der Waals surface area contributed by atoms with Crippen molar-refractivity contribution in [3.05, 3.63) is 47.8 Å². The molecule has 2 aromatic heterocycles. The molecule has 1 fully saturated rings. The van der Waals surface area contributed by atoms with Gasteiger partial charge in [-0.05, 0) is 57.2 Å². The van der Waals surface area contributed by atoms with Crippen LogP contribution in [0.1, 0.15) is 50.7 Å². The number of piperidine rings is 1. The summed E-state index contributed by atoms with van der Waals surface area (Å²) in [5.74, 6) is 0.432. The highest BCUT2D eigenvalue weighted by atomic mass is 19.1. The Morgan fingerprint density at radius 3 is 2.69 bits per heavy atom. The molecule has 1 aromatic carbocycles. The molecule has 10 heteroatoms. The first-order chi connectivity index (χ1) is 16.7. The quantitative estimate of drug-likeness (QED) is 0.565. The average Bonchev–Trinajstić information content (AvgIpc) is 3.14. The third-order valence-electron chi connectivity index (χ3n) is 6.22. The van der Waals surface area contributed by atoms with Gasteiger partial charge in [-0.2, -0.15) is 5.10 Å². The fourth-order valence-electron chi connectivity index (χ4n) is 4.53. The zero-order valence-electron chi connectivity index (χ0n) is 20.3. The van der Waals surface area contributed by atoms with Crippen molar-refractivity contribution in [1.29, 1.82) is 0 Å². The first-order valence-electron chi connectivity index (χ1n) is 11.7. The number of aryl methyl sites for hydroxylation is 1. The predicted molar refractivity (Wildman–Crippen MR) is 128 cm³/mol. The van der Waals surface area contributed by atoms with Gasteiger partial charge < -0.3 is 19.7 Å². The van der Waals surface area contributed by atoms with Crippen molar-refractivity contribution < 1.29 is 18.7 Å². The van der Waals surface area contributed by atoms with Crippen LogP contribution in [-0.4, -0.2) is 49.4 Å². The number of carbonyl (C=O) groups is 1. The van der Waals surface area contributed by atoms with Gasteiger partial charge in [-0.1, -0.05) is 0 Å². The van der Waals surface area contributed by atoms with Crippen LogP contribution in [0.5, 0.6) is 5.75 Å². The maximum Gasteiger partial charge on any atom is 0.410 e. The van der Waals surface area contributed by atoms with Crippen LogP contribution in [0.2, 0.25) is 0 Å². The average molecular weight is 481 g/mol. The van der Waals surface area contributed by atoms with E-state index < -0.39 is 11.4 Å². The third kappa shape index (κ3) is 4.78. The highest BCUT2D eigenvalue weighted by Gasteiger charge is 2.29.